The predicted octanol–water partition coefficient (Wildman–Crippen LogP) is 3.47. The van der Waals surface area contributed by atoms with Crippen LogP contribution in [-0.2, 0) is 0 Å². The number of aryl methyl sites for hydroxylation is 2. The molecule has 4 heteroatoms. The Bertz CT molecular complexity index is 365. The first-order chi connectivity index (χ1) is 7.98. The Morgan fingerprint density at radius 3 is 2.59 bits per heavy atom. The van der Waals surface area contributed by atoms with Crippen LogP contribution in [0.4, 0.5) is 8.78 Å². The van der Waals surface area contributed by atoms with E-state index >= 15 is 0 Å². The van der Waals surface area contributed by atoms with Gasteiger partial charge in [0.05, 0.1) is 0 Å². The van der Waals surface area contributed by atoms with Crippen molar-refractivity contribution in [2.45, 2.75) is 45.5 Å². The van der Waals surface area contributed by atoms with Crippen molar-refractivity contribution in [1.82, 2.24) is 4.68 Å². The molecule has 0 amide bonds. The fraction of sp³-hybridized carbons (Fsp3) is 0.692. The van der Waals surface area contributed by atoms with Gasteiger partial charge >= 0.3 is 0 Å². The molecule has 1 aliphatic carbocycles. The van der Waals surface area contributed by atoms with Crippen LogP contribution in [0.3, 0.4) is 0 Å². The largest absolute Gasteiger partial charge is 0.326 e. The normalized spacial score (nSPS) is 23.6. The maximum Gasteiger partial charge on any atom is 0.248 e. The van der Waals surface area contributed by atoms with Gasteiger partial charge in [0.1, 0.15) is 0 Å². The quantitative estimate of drug-likeness (QED) is 0.858. The van der Waals surface area contributed by atoms with Crippen molar-refractivity contribution in [3.05, 3.63) is 23.5 Å². The van der Waals surface area contributed by atoms with Crippen molar-refractivity contribution in [3.8, 4) is 0 Å². The second-order valence-corrected chi connectivity index (χ2v) is 5.13. The zero-order chi connectivity index (χ0) is 12.5. The summed E-state index contributed by atoms with van der Waals surface area (Å²) in [5.74, 6) is -2.37. The zero-order valence-corrected chi connectivity index (χ0v) is 10.5. The fourth-order valence-corrected chi connectivity index (χ4v) is 2.59. The van der Waals surface area contributed by atoms with Gasteiger partial charge in [-0.25, -0.2) is 8.78 Å². The monoisotopic (exact) mass is 242 g/mol. The van der Waals surface area contributed by atoms with Gasteiger partial charge in [-0.3, -0.25) is 4.68 Å². The predicted molar refractivity (Wildman–Crippen MR) is 65.0 cm³/mol. The molecule has 1 aromatic rings. The van der Waals surface area contributed by atoms with Gasteiger partial charge in [0, 0.05) is 30.8 Å². The van der Waals surface area contributed by atoms with Crippen molar-refractivity contribution in [2.75, 3.05) is 12.0 Å². The molecular formula is C13H20F2N2. The average molecular weight is 242 g/mol. The first-order valence-electron chi connectivity index (χ1n) is 6.24. The second-order valence-electron chi connectivity index (χ2n) is 5.13. The van der Waals surface area contributed by atoms with Gasteiger partial charge < -0.3 is 5.43 Å². The van der Waals surface area contributed by atoms with Gasteiger partial charge in [0.2, 0.25) is 5.92 Å². The van der Waals surface area contributed by atoms with E-state index in [0.717, 1.165) is 17.8 Å². The number of hydrogen-bond acceptors (Lipinski definition) is 1. The van der Waals surface area contributed by atoms with Crippen molar-refractivity contribution in [3.63, 3.8) is 0 Å². The molecule has 1 saturated carbocycles. The lowest BCUT2D eigenvalue weighted by Gasteiger charge is -2.29. The maximum absolute atomic E-state index is 13.2. The number of alkyl halides is 2. The standard InChI is InChI=1S/C13H20F2N2/c1-10-5-6-11(2)17(10)16-9-12-4-3-7-13(14,15)8-12/h5-6,12,16H,3-4,7-9H2,1-2H3. The number of aromatic nitrogens is 1. The topological polar surface area (TPSA) is 17.0 Å². The van der Waals surface area contributed by atoms with E-state index < -0.39 is 5.92 Å². The third-order valence-corrected chi connectivity index (χ3v) is 3.55. The van der Waals surface area contributed by atoms with E-state index in [1.807, 2.05) is 30.7 Å². The first kappa shape index (κ1) is 12.4. The highest BCUT2D eigenvalue weighted by Crippen LogP contribution is 2.36. The summed E-state index contributed by atoms with van der Waals surface area (Å²) in [6.07, 6.45) is 1.63. The third kappa shape index (κ3) is 2.99. The molecule has 0 aromatic carbocycles. The molecule has 1 unspecified atom stereocenters. The molecule has 0 radical (unpaired) electrons. The van der Waals surface area contributed by atoms with E-state index in [4.69, 9.17) is 0 Å². The van der Waals surface area contributed by atoms with Crippen LogP contribution in [0.1, 0.15) is 37.1 Å². The van der Waals surface area contributed by atoms with Gasteiger partial charge in [-0.15, -0.1) is 0 Å². The lowest BCUT2D eigenvalue weighted by molar-refractivity contribution is -0.0505. The Morgan fingerprint density at radius 2 is 2.00 bits per heavy atom. The summed E-state index contributed by atoms with van der Waals surface area (Å²) in [5.41, 5.74) is 5.48. The van der Waals surface area contributed by atoms with Gasteiger partial charge in [-0.05, 0) is 44.7 Å². The molecule has 2 rings (SSSR count). The summed E-state index contributed by atoms with van der Waals surface area (Å²) in [6, 6.07) is 4.05. The molecule has 1 N–H and O–H groups in total. The van der Waals surface area contributed by atoms with E-state index in [1.54, 1.807) is 0 Å². The second kappa shape index (κ2) is 4.67. The number of rotatable bonds is 3. The molecule has 2 nitrogen and oxygen atoms in total. The minimum atomic E-state index is -2.45. The molecule has 0 spiro atoms. The number of hydrogen-bond donors (Lipinski definition) is 1. The van der Waals surface area contributed by atoms with Crippen LogP contribution in [-0.4, -0.2) is 17.1 Å². The van der Waals surface area contributed by atoms with E-state index in [9.17, 15) is 8.78 Å². The molecule has 1 fully saturated rings. The Morgan fingerprint density at radius 1 is 1.35 bits per heavy atom. The maximum atomic E-state index is 13.2. The number of nitrogens with one attached hydrogen (secondary N) is 1. The van der Waals surface area contributed by atoms with Crippen LogP contribution in [0, 0.1) is 19.8 Å². The first-order valence-corrected chi connectivity index (χ1v) is 6.24. The molecule has 1 atom stereocenters. The average Bonchev–Trinajstić information content (AvgIpc) is 2.55. The molecular weight excluding hydrogens is 222 g/mol. The highest BCUT2D eigenvalue weighted by atomic mass is 19.3. The highest BCUT2D eigenvalue weighted by molar-refractivity contribution is 5.15. The summed E-state index contributed by atoms with van der Waals surface area (Å²) >= 11 is 0. The van der Waals surface area contributed by atoms with Gasteiger partial charge in [-0.2, -0.15) is 0 Å². The van der Waals surface area contributed by atoms with E-state index in [1.165, 1.54) is 0 Å². The van der Waals surface area contributed by atoms with Crippen LogP contribution >= 0.6 is 0 Å². The third-order valence-electron chi connectivity index (χ3n) is 3.55. The SMILES string of the molecule is Cc1ccc(C)n1NCC1CCCC(F)(F)C1. The minimum Gasteiger partial charge on any atom is -0.326 e. The van der Waals surface area contributed by atoms with Crippen molar-refractivity contribution in [1.29, 1.82) is 0 Å². The van der Waals surface area contributed by atoms with E-state index in [2.05, 4.69) is 5.43 Å². The molecule has 96 valence electrons. The fourth-order valence-electron chi connectivity index (χ4n) is 2.59. The molecule has 1 heterocycles. The minimum absolute atomic E-state index is 0.0271. The number of nitrogens with zero attached hydrogens (tertiary/aromatic N) is 1. The summed E-state index contributed by atoms with van der Waals surface area (Å²) in [7, 11) is 0. The smallest absolute Gasteiger partial charge is 0.248 e. The van der Waals surface area contributed by atoms with Crippen LogP contribution in [0.15, 0.2) is 12.1 Å². The Kier molecular flexibility index (Phi) is 3.40. The van der Waals surface area contributed by atoms with Crippen LogP contribution in [0.25, 0.3) is 0 Å². The lowest BCUT2D eigenvalue weighted by Crippen LogP contribution is -2.32. The lowest BCUT2D eigenvalue weighted by atomic mass is 9.87. The molecule has 1 aromatic heterocycles. The number of halogens is 2. The highest BCUT2D eigenvalue weighted by Gasteiger charge is 2.35. The van der Waals surface area contributed by atoms with Crippen LogP contribution in [0.2, 0.25) is 0 Å². The van der Waals surface area contributed by atoms with E-state index in [-0.39, 0.29) is 18.8 Å². The summed E-state index contributed by atoms with van der Waals surface area (Å²) in [5, 5.41) is 0. The van der Waals surface area contributed by atoms with Crippen LogP contribution < -0.4 is 5.43 Å². The summed E-state index contributed by atoms with van der Waals surface area (Å²) in [4.78, 5) is 0. The van der Waals surface area contributed by atoms with Crippen molar-refractivity contribution >= 4 is 0 Å². The molecule has 0 bridgehead atoms. The van der Waals surface area contributed by atoms with E-state index in [0.29, 0.717) is 13.0 Å². The van der Waals surface area contributed by atoms with Gasteiger partial charge in [-0.1, -0.05) is 0 Å². The van der Waals surface area contributed by atoms with Gasteiger partial charge in [0.15, 0.2) is 0 Å². The molecule has 17 heavy (non-hydrogen) atoms. The molecule has 0 aliphatic heterocycles. The molecule has 1 aliphatic rings. The molecule has 0 saturated heterocycles. The Hall–Kier alpha value is -1.06. The van der Waals surface area contributed by atoms with Gasteiger partial charge in [0.25, 0.3) is 0 Å². The van der Waals surface area contributed by atoms with Crippen molar-refractivity contribution in [2.24, 2.45) is 5.92 Å². The Balaban J connectivity index is 1.90. The summed E-state index contributed by atoms with van der Waals surface area (Å²) in [6.45, 7) is 4.65. The zero-order valence-electron chi connectivity index (χ0n) is 10.5. The van der Waals surface area contributed by atoms with Crippen molar-refractivity contribution < 1.29 is 8.78 Å². The summed E-state index contributed by atoms with van der Waals surface area (Å²) < 4.78 is 28.5. The van der Waals surface area contributed by atoms with Crippen LogP contribution in [0.5, 0.6) is 0 Å². The Labute approximate surface area is 101 Å².